The second-order valence-electron chi connectivity index (χ2n) is 6.48. The number of anilines is 1. The fourth-order valence-corrected chi connectivity index (χ4v) is 2.77. The summed E-state index contributed by atoms with van der Waals surface area (Å²) in [6.07, 6.45) is -0.0162. The molecule has 0 saturated heterocycles. The van der Waals surface area contributed by atoms with Crippen molar-refractivity contribution < 1.29 is 22.7 Å². The molecule has 1 N–H and O–H groups in total. The van der Waals surface area contributed by atoms with Crippen LogP contribution in [0, 0.1) is 0 Å². The maximum absolute atomic E-state index is 13.4. The number of ether oxygens (including phenoxy) is 1. The Balaban J connectivity index is 1.61. The van der Waals surface area contributed by atoms with Crippen LogP contribution < -0.4 is 5.32 Å². The van der Waals surface area contributed by atoms with E-state index in [-0.39, 0.29) is 24.0 Å². The molecule has 0 bridgehead atoms. The first-order valence-corrected chi connectivity index (χ1v) is 8.74. The zero-order valence-electron chi connectivity index (χ0n) is 14.9. The highest BCUT2D eigenvalue weighted by Crippen LogP contribution is 2.41. The van der Waals surface area contributed by atoms with Crippen LogP contribution in [0.1, 0.15) is 47.6 Å². The van der Waals surface area contributed by atoms with Crippen LogP contribution in [0.2, 0.25) is 0 Å². The third-order valence-corrected chi connectivity index (χ3v) is 4.28. The smallest absolute Gasteiger partial charge is 0.360 e. The lowest BCUT2D eigenvalue weighted by Gasteiger charge is -2.10. The van der Waals surface area contributed by atoms with Gasteiger partial charge in [0.05, 0.1) is 18.1 Å². The third-order valence-electron chi connectivity index (χ3n) is 4.28. The van der Waals surface area contributed by atoms with Gasteiger partial charge >= 0.3 is 6.18 Å². The number of carbonyl (C=O) groups is 1. The molecule has 0 spiro atoms. The molecule has 3 aromatic rings. The Morgan fingerprint density at radius 2 is 2.14 bits per heavy atom. The number of amides is 1. The molecular formula is C17H17F3N6O2. The van der Waals surface area contributed by atoms with E-state index in [9.17, 15) is 18.0 Å². The van der Waals surface area contributed by atoms with E-state index in [2.05, 4.69) is 20.5 Å². The summed E-state index contributed by atoms with van der Waals surface area (Å²) in [6, 6.07) is 2.26. The van der Waals surface area contributed by atoms with Crippen molar-refractivity contribution >= 4 is 17.2 Å². The Morgan fingerprint density at radius 3 is 2.82 bits per heavy atom. The molecule has 0 radical (unpaired) electrons. The van der Waals surface area contributed by atoms with E-state index < -0.39 is 17.8 Å². The van der Waals surface area contributed by atoms with Gasteiger partial charge in [-0.1, -0.05) is 0 Å². The molecule has 148 valence electrons. The zero-order valence-corrected chi connectivity index (χ0v) is 14.9. The van der Waals surface area contributed by atoms with E-state index in [1.165, 1.54) is 16.9 Å². The van der Waals surface area contributed by atoms with Gasteiger partial charge < -0.3 is 10.1 Å². The first-order valence-electron chi connectivity index (χ1n) is 8.74. The Morgan fingerprint density at radius 1 is 1.36 bits per heavy atom. The van der Waals surface area contributed by atoms with Crippen LogP contribution >= 0.6 is 0 Å². The van der Waals surface area contributed by atoms with Crippen molar-refractivity contribution in [1.82, 2.24) is 24.4 Å². The quantitative estimate of drug-likeness (QED) is 0.694. The standard InChI is InChI=1S/C17H17F3N6O2/c1-2-28-9-25-8-11(7-21-25)22-16(27)13-6-15-23-12(10-3-4-10)5-14(17(18,19)20)26(15)24-13/h5-8,10H,2-4,9H2,1H3,(H,22,27). The van der Waals surface area contributed by atoms with Gasteiger partial charge in [-0.15, -0.1) is 0 Å². The van der Waals surface area contributed by atoms with Crippen molar-refractivity contribution in [1.29, 1.82) is 0 Å². The molecule has 1 aliphatic rings. The number of nitrogens with zero attached hydrogens (tertiary/aromatic N) is 5. The highest BCUT2D eigenvalue weighted by molar-refractivity contribution is 6.03. The molecular weight excluding hydrogens is 377 g/mol. The summed E-state index contributed by atoms with van der Waals surface area (Å²) in [5.74, 6) is -0.614. The molecule has 0 aromatic carbocycles. The summed E-state index contributed by atoms with van der Waals surface area (Å²) in [5, 5.41) is 10.4. The highest BCUT2D eigenvalue weighted by atomic mass is 19.4. The zero-order chi connectivity index (χ0) is 19.9. The molecule has 1 amide bonds. The van der Waals surface area contributed by atoms with Gasteiger partial charge in [0.2, 0.25) is 0 Å². The minimum Gasteiger partial charge on any atom is -0.360 e. The van der Waals surface area contributed by atoms with Gasteiger partial charge in [0, 0.05) is 24.3 Å². The number of hydrogen-bond donors (Lipinski definition) is 1. The molecule has 0 unspecified atom stereocenters. The number of aromatic nitrogens is 5. The maximum Gasteiger partial charge on any atom is 0.433 e. The van der Waals surface area contributed by atoms with Crippen molar-refractivity contribution in [2.24, 2.45) is 0 Å². The van der Waals surface area contributed by atoms with Crippen LogP contribution in [0.5, 0.6) is 0 Å². The molecule has 1 aliphatic carbocycles. The molecule has 1 saturated carbocycles. The van der Waals surface area contributed by atoms with Crippen LogP contribution in [-0.4, -0.2) is 36.9 Å². The van der Waals surface area contributed by atoms with Gasteiger partial charge in [-0.05, 0) is 25.8 Å². The Kier molecular flexibility index (Phi) is 4.53. The van der Waals surface area contributed by atoms with E-state index in [0.717, 1.165) is 18.9 Å². The number of halogens is 3. The van der Waals surface area contributed by atoms with Crippen molar-refractivity contribution in [3.05, 3.63) is 41.6 Å². The lowest BCUT2D eigenvalue weighted by atomic mass is 10.2. The number of alkyl halides is 3. The number of hydrogen-bond acceptors (Lipinski definition) is 5. The second kappa shape index (κ2) is 6.89. The summed E-state index contributed by atoms with van der Waals surface area (Å²) >= 11 is 0. The van der Waals surface area contributed by atoms with E-state index >= 15 is 0 Å². The first-order chi connectivity index (χ1) is 13.3. The number of carbonyl (C=O) groups excluding carboxylic acids is 1. The average Bonchev–Trinajstić information content (AvgIpc) is 3.25. The minimum absolute atomic E-state index is 0.00563. The van der Waals surface area contributed by atoms with Crippen molar-refractivity contribution in [3.8, 4) is 0 Å². The Labute approximate surface area is 157 Å². The molecule has 0 atom stereocenters. The lowest BCUT2D eigenvalue weighted by Crippen LogP contribution is -2.16. The SMILES string of the molecule is CCOCn1cc(NC(=O)c2cc3nc(C4CC4)cc(C(F)(F)F)n3n2)cn1. The lowest BCUT2D eigenvalue weighted by molar-refractivity contribution is -0.142. The molecule has 0 aliphatic heterocycles. The Bertz CT molecular complexity index is 1020. The van der Waals surface area contributed by atoms with Crippen LogP contribution in [0.15, 0.2) is 24.5 Å². The molecule has 11 heteroatoms. The van der Waals surface area contributed by atoms with E-state index in [4.69, 9.17) is 4.74 Å². The van der Waals surface area contributed by atoms with Crippen molar-refractivity contribution in [3.63, 3.8) is 0 Å². The van der Waals surface area contributed by atoms with Crippen LogP contribution in [-0.2, 0) is 17.6 Å². The molecule has 28 heavy (non-hydrogen) atoms. The summed E-state index contributed by atoms with van der Waals surface area (Å²) in [6.45, 7) is 2.58. The number of rotatable bonds is 6. The van der Waals surface area contributed by atoms with Gasteiger partial charge in [-0.25, -0.2) is 14.2 Å². The highest BCUT2D eigenvalue weighted by Gasteiger charge is 2.37. The topological polar surface area (TPSA) is 86.3 Å². The monoisotopic (exact) mass is 394 g/mol. The molecule has 4 rings (SSSR count). The third kappa shape index (κ3) is 3.70. The number of nitrogens with one attached hydrogen (secondary N) is 1. The Hall–Kier alpha value is -2.95. The summed E-state index contributed by atoms with van der Waals surface area (Å²) in [5.41, 5.74) is -0.353. The second-order valence-corrected chi connectivity index (χ2v) is 6.48. The normalized spacial score (nSPS) is 14.6. The average molecular weight is 394 g/mol. The van der Waals surface area contributed by atoms with Gasteiger partial charge in [0.25, 0.3) is 5.91 Å². The fourth-order valence-electron chi connectivity index (χ4n) is 2.77. The fraction of sp³-hybridized carbons (Fsp3) is 0.412. The molecule has 1 fully saturated rings. The summed E-state index contributed by atoms with van der Waals surface area (Å²) < 4.78 is 47.6. The minimum atomic E-state index is -4.61. The van der Waals surface area contributed by atoms with Crippen molar-refractivity contribution in [2.45, 2.75) is 38.6 Å². The molecule has 3 aromatic heterocycles. The van der Waals surface area contributed by atoms with Gasteiger partial charge in [-0.2, -0.15) is 23.4 Å². The van der Waals surface area contributed by atoms with Gasteiger partial charge in [0.1, 0.15) is 12.4 Å². The number of fused-ring (bicyclic) bond motifs is 1. The van der Waals surface area contributed by atoms with Crippen molar-refractivity contribution in [2.75, 3.05) is 11.9 Å². The molecule has 8 nitrogen and oxygen atoms in total. The predicted molar refractivity (Wildman–Crippen MR) is 91.8 cm³/mol. The largest absolute Gasteiger partial charge is 0.433 e. The van der Waals surface area contributed by atoms with Crippen LogP contribution in [0.3, 0.4) is 0 Å². The van der Waals surface area contributed by atoms with Crippen LogP contribution in [0.25, 0.3) is 5.65 Å². The maximum atomic E-state index is 13.4. The van der Waals surface area contributed by atoms with Crippen LogP contribution in [0.4, 0.5) is 18.9 Å². The van der Waals surface area contributed by atoms with Gasteiger partial charge in [0.15, 0.2) is 11.3 Å². The molecule has 3 heterocycles. The van der Waals surface area contributed by atoms with E-state index in [1.54, 1.807) is 6.20 Å². The van der Waals surface area contributed by atoms with E-state index in [1.807, 2.05) is 6.92 Å². The predicted octanol–water partition coefficient (Wildman–Crippen LogP) is 3.07. The summed E-state index contributed by atoms with van der Waals surface area (Å²) in [4.78, 5) is 16.7. The van der Waals surface area contributed by atoms with Gasteiger partial charge in [-0.3, -0.25) is 4.79 Å². The first kappa shape index (κ1) is 18.4. The summed E-state index contributed by atoms with van der Waals surface area (Å²) in [7, 11) is 0. The van der Waals surface area contributed by atoms with E-state index in [0.29, 0.717) is 22.5 Å².